The Kier molecular flexibility index (Phi) is 4.30. The van der Waals surface area contributed by atoms with Crippen molar-refractivity contribution >= 4 is 11.0 Å². The summed E-state index contributed by atoms with van der Waals surface area (Å²) in [5, 5.41) is 4.16. The van der Waals surface area contributed by atoms with Crippen LogP contribution >= 0.6 is 0 Å². The smallest absolute Gasteiger partial charge is 0.248 e. The summed E-state index contributed by atoms with van der Waals surface area (Å²) in [7, 11) is 0. The van der Waals surface area contributed by atoms with E-state index in [-0.39, 0.29) is 11.4 Å². The van der Waals surface area contributed by atoms with Crippen molar-refractivity contribution in [2.24, 2.45) is 0 Å². The van der Waals surface area contributed by atoms with Gasteiger partial charge in [0.05, 0.1) is 22.9 Å². The van der Waals surface area contributed by atoms with Gasteiger partial charge in [-0.2, -0.15) is 5.10 Å². The summed E-state index contributed by atoms with van der Waals surface area (Å²) in [6.45, 7) is 4.25. The Morgan fingerprint density at radius 3 is 2.45 bits per heavy atom. The molecular weight excluding hydrogens is 257 g/mol. The molecule has 1 N–H and O–H groups in total. The first-order valence-corrected chi connectivity index (χ1v) is 6.48. The van der Waals surface area contributed by atoms with Crippen molar-refractivity contribution in [2.75, 3.05) is 0 Å². The van der Waals surface area contributed by atoms with Gasteiger partial charge < -0.3 is 4.98 Å². The molecule has 0 atom stereocenters. The Morgan fingerprint density at radius 2 is 1.80 bits per heavy atom. The van der Waals surface area contributed by atoms with Crippen molar-refractivity contribution in [3.8, 4) is 5.69 Å². The largest absolute Gasteiger partial charge is 0.319 e. The number of H-pyrrole nitrogens is 1. The number of aromatic nitrogens is 3. The van der Waals surface area contributed by atoms with Crippen LogP contribution in [0.15, 0.2) is 47.4 Å². The highest BCUT2D eigenvalue weighted by Crippen LogP contribution is 2.15. The van der Waals surface area contributed by atoms with Crippen LogP contribution < -0.4 is 5.56 Å². The molecule has 0 amide bonds. The number of hydrogen-bond acceptors (Lipinski definition) is 2. The number of aromatic amines is 1. The molecule has 1 aromatic carbocycles. The summed E-state index contributed by atoms with van der Waals surface area (Å²) in [6.07, 6.45) is 2.82. The maximum atomic E-state index is 12.8. The quantitative estimate of drug-likeness (QED) is 0.739. The number of rotatable bonds is 1. The van der Waals surface area contributed by atoms with E-state index in [1.807, 2.05) is 0 Å². The van der Waals surface area contributed by atoms with Gasteiger partial charge in [0, 0.05) is 6.07 Å². The number of fused-ring (bicyclic) bond motifs is 1. The third kappa shape index (κ3) is 2.93. The van der Waals surface area contributed by atoms with Crippen LogP contribution in [0.1, 0.15) is 20.3 Å². The van der Waals surface area contributed by atoms with Crippen LogP contribution in [0.4, 0.5) is 4.39 Å². The van der Waals surface area contributed by atoms with E-state index >= 15 is 0 Å². The normalized spacial score (nSPS) is 10.2. The Labute approximate surface area is 115 Å². The molecule has 0 aliphatic heterocycles. The van der Waals surface area contributed by atoms with Gasteiger partial charge in [0.1, 0.15) is 5.82 Å². The van der Waals surface area contributed by atoms with Gasteiger partial charge in [-0.05, 0) is 30.3 Å². The van der Waals surface area contributed by atoms with Crippen LogP contribution in [0.2, 0.25) is 0 Å². The Morgan fingerprint density at radius 1 is 1.15 bits per heavy atom. The molecule has 104 valence electrons. The second-order valence-corrected chi connectivity index (χ2v) is 4.36. The van der Waals surface area contributed by atoms with E-state index in [0.29, 0.717) is 5.52 Å². The molecule has 2 aromatic heterocycles. The van der Waals surface area contributed by atoms with Gasteiger partial charge in [0.15, 0.2) is 0 Å². The molecule has 20 heavy (non-hydrogen) atoms. The fourth-order valence-corrected chi connectivity index (χ4v) is 1.73. The van der Waals surface area contributed by atoms with Crippen molar-refractivity contribution in [2.45, 2.75) is 20.3 Å². The molecule has 0 saturated heterocycles. The number of nitrogens with one attached hydrogen (secondary N) is 1. The molecule has 0 spiro atoms. The summed E-state index contributed by atoms with van der Waals surface area (Å²) in [5.74, 6) is -0.293. The average Bonchev–Trinajstić information content (AvgIpc) is 2.83. The van der Waals surface area contributed by atoms with Crippen molar-refractivity contribution in [1.29, 1.82) is 0 Å². The maximum Gasteiger partial charge on any atom is 0.248 e. The zero-order valence-corrected chi connectivity index (χ0v) is 11.4. The molecule has 3 rings (SSSR count). The zero-order chi connectivity index (χ0) is 14.5. The highest BCUT2D eigenvalue weighted by Gasteiger charge is 2.05. The molecule has 0 radical (unpaired) electrons. The Hall–Kier alpha value is -2.43. The second-order valence-electron chi connectivity index (χ2n) is 4.36. The number of nitrogens with zero attached hydrogens (tertiary/aromatic N) is 2. The highest BCUT2D eigenvalue weighted by molar-refractivity contribution is 5.75. The van der Waals surface area contributed by atoms with Crippen molar-refractivity contribution in [3.63, 3.8) is 0 Å². The first-order chi connectivity index (χ1) is 9.65. The molecule has 4 nitrogen and oxygen atoms in total. The lowest BCUT2D eigenvalue weighted by molar-refractivity contribution is 0.627. The molecule has 0 aliphatic carbocycles. The minimum absolute atomic E-state index is 0.170. The van der Waals surface area contributed by atoms with Crippen LogP contribution in [0, 0.1) is 5.82 Å². The van der Waals surface area contributed by atoms with E-state index in [4.69, 9.17) is 0 Å². The second kappa shape index (κ2) is 6.14. The van der Waals surface area contributed by atoms with Gasteiger partial charge in [-0.1, -0.05) is 20.3 Å². The predicted octanol–water partition coefficient (Wildman–Crippen LogP) is 3.27. The number of hydrogen-bond donors (Lipinski definition) is 1. The van der Waals surface area contributed by atoms with Crippen LogP contribution in [0.5, 0.6) is 0 Å². The molecule has 0 bridgehead atoms. The molecule has 5 heteroatoms. The summed E-state index contributed by atoms with van der Waals surface area (Å²) in [6, 6.07) is 9.12. The summed E-state index contributed by atoms with van der Waals surface area (Å²) in [5.41, 5.74) is 2.00. The van der Waals surface area contributed by atoms with E-state index in [2.05, 4.69) is 23.9 Å². The lowest BCUT2D eigenvalue weighted by Gasteiger charge is -2.02. The standard InChI is InChI=1S/C12H8FN3O.C3H8/c13-8-1-3-9(4-2-8)16-11-5-6-12(17)15-10(11)7-14-16;1-3-2/h1-7H,(H,15,17);3H2,1-2H3. The van der Waals surface area contributed by atoms with Gasteiger partial charge in [0.2, 0.25) is 5.56 Å². The third-order valence-corrected chi connectivity index (χ3v) is 2.53. The van der Waals surface area contributed by atoms with Gasteiger partial charge in [0.25, 0.3) is 0 Å². The molecule has 0 fully saturated rings. The molecule has 3 aromatic rings. The molecule has 0 unspecified atom stereocenters. The van der Waals surface area contributed by atoms with Gasteiger partial charge in [-0.25, -0.2) is 9.07 Å². The van der Waals surface area contributed by atoms with E-state index in [1.165, 1.54) is 24.6 Å². The van der Waals surface area contributed by atoms with Gasteiger partial charge in [-0.15, -0.1) is 0 Å². The van der Waals surface area contributed by atoms with Crippen molar-refractivity contribution < 1.29 is 4.39 Å². The lowest BCUT2D eigenvalue weighted by atomic mass is 10.3. The van der Waals surface area contributed by atoms with E-state index < -0.39 is 0 Å². The fraction of sp³-hybridized carbons (Fsp3) is 0.200. The minimum Gasteiger partial charge on any atom is -0.319 e. The van der Waals surface area contributed by atoms with Gasteiger partial charge in [-0.3, -0.25) is 4.79 Å². The molecular formula is C15H16FN3O. The number of benzene rings is 1. The highest BCUT2D eigenvalue weighted by atomic mass is 19.1. The first-order valence-electron chi connectivity index (χ1n) is 6.48. The number of halogens is 1. The predicted molar refractivity (Wildman–Crippen MR) is 77.6 cm³/mol. The summed E-state index contributed by atoms with van der Waals surface area (Å²) in [4.78, 5) is 13.8. The Bertz CT molecular complexity index is 744. The summed E-state index contributed by atoms with van der Waals surface area (Å²) >= 11 is 0. The third-order valence-electron chi connectivity index (χ3n) is 2.53. The van der Waals surface area contributed by atoms with Gasteiger partial charge >= 0.3 is 0 Å². The SMILES string of the molecule is CCC.O=c1ccc2c(cnn2-c2ccc(F)cc2)[nH]1. The molecule has 0 saturated carbocycles. The van der Waals surface area contributed by atoms with Crippen molar-refractivity contribution in [1.82, 2.24) is 14.8 Å². The van der Waals surface area contributed by atoms with E-state index in [9.17, 15) is 9.18 Å². The lowest BCUT2D eigenvalue weighted by Crippen LogP contribution is -2.03. The minimum atomic E-state index is -0.293. The topological polar surface area (TPSA) is 50.7 Å². The van der Waals surface area contributed by atoms with Crippen LogP contribution in [-0.4, -0.2) is 14.8 Å². The van der Waals surface area contributed by atoms with E-state index in [1.54, 1.807) is 29.1 Å². The fourth-order valence-electron chi connectivity index (χ4n) is 1.73. The number of pyridine rings is 1. The van der Waals surface area contributed by atoms with E-state index in [0.717, 1.165) is 11.2 Å². The van der Waals surface area contributed by atoms with Crippen LogP contribution in [-0.2, 0) is 0 Å². The molecule has 0 aliphatic rings. The zero-order valence-electron chi connectivity index (χ0n) is 11.4. The maximum absolute atomic E-state index is 12.8. The van der Waals surface area contributed by atoms with Crippen LogP contribution in [0.3, 0.4) is 0 Å². The monoisotopic (exact) mass is 273 g/mol. The first kappa shape index (κ1) is 14.0. The van der Waals surface area contributed by atoms with Crippen molar-refractivity contribution in [3.05, 3.63) is 58.8 Å². The Balaban J connectivity index is 0.000000452. The summed E-state index contributed by atoms with van der Waals surface area (Å²) < 4.78 is 14.5. The molecule has 2 heterocycles. The average molecular weight is 273 g/mol. The van der Waals surface area contributed by atoms with Crippen LogP contribution in [0.25, 0.3) is 16.7 Å².